The molecule has 0 saturated carbocycles. The molecule has 1 aromatic heterocycles. The van der Waals surface area contributed by atoms with Gasteiger partial charge >= 0.3 is 0 Å². The molecule has 2 heterocycles. The molecule has 0 aliphatic carbocycles. The van der Waals surface area contributed by atoms with Gasteiger partial charge in [0.2, 0.25) is 0 Å². The maximum absolute atomic E-state index is 12.3. The van der Waals surface area contributed by atoms with Crippen molar-refractivity contribution in [1.82, 2.24) is 9.88 Å². The second-order valence-electron chi connectivity index (χ2n) is 4.96. The van der Waals surface area contributed by atoms with Gasteiger partial charge in [0.15, 0.2) is 0 Å². The van der Waals surface area contributed by atoms with Crippen LogP contribution in [0.5, 0.6) is 0 Å². The number of aryl methyl sites for hydroxylation is 1. The van der Waals surface area contributed by atoms with Crippen LogP contribution in [0.25, 0.3) is 0 Å². The molecule has 0 bridgehead atoms. The zero-order chi connectivity index (χ0) is 13.0. The second kappa shape index (κ2) is 5.96. The van der Waals surface area contributed by atoms with Crippen LogP contribution in [-0.4, -0.2) is 40.6 Å². The van der Waals surface area contributed by atoms with Gasteiger partial charge in [-0.05, 0) is 44.2 Å². The molecule has 1 aliphatic rings. The van der Waals surface area contributed by atoms with Gasteiger partial charge in [-0.3, -0.25) is 9.78 Å². The molecule has 1 N–H and O–H groups in total. The Kier molecular flexibility index (Phi) is 4.31. The van der Waals surface area contributed by atoms with Crippen LogP contribution >= 0.6 is 0 Å². The maximum atomic E-state index is 12.3. The highest BCUT2D eigenvalue weighted by Gasteiger charge is 2.24. The topological polar surface area (TPSA) is 53.4 Å². The first-order valence-electron chi connectivity index (χ1n) is 6.53. The van der Waals surface area contributed by atoms with E-state index in [1.807, 2.05) is 24.0 Å². The van der Waals surface area contributed by atoms with Crippen LogP contribution in [-0.2, 0) is 0 Å². The molecule has 4 nitrogen and oxygen atoms in total. The Bertz CT molecular complexity index is 401. The van der Waals surface area contributed by atoms with E-state index in [0.717, 1.165) is 38.0 Å². The number of hydrogen-bond acceptors (Lipinski definition) is 3. The summed E-state index contributed by atoms with van der Waals surface area (Å²) in [5.41, 5.74) is 1.58. The number of aliphatic hydroxyl groups excluding tert-OH is 1. The summed E-state index contributed by atoms with van der Waals surface area (Å²) in [6.07, 6.45) is 4.56. The van der Waals surface area contributed by atoms with E-state index in [9.17, 15) is 4.79 Å². The predicted octanol–water partition coefficient (Wildman–Crippen LogP) is 1.62. The van der Waals surface area contributed by atoms with Crippen LogP contribution in [0.1, 0.15) is 35.3 Å². The lowest BCUT2D eigenvalue weighted by Gasteiger charge is -2.32. The largest absolute Gasteiger partial charge is 0.396 e. The van der Waals surface area contributed by atoms with E-state index in [0.29, 0.717) is 11.5 Å². The molecule has 1 unspecified atom stereocenters. The van der Waals surface area contributed by atoms with Crippen LogP contribution < -0.4 is 0 Å². The molecule has 1 aromatic rings. The lowest BCUT2D eigenvalue weighted by Crippen LogP contribution is -2.40. The highest BCUT2D eigenvalue weighted by Crippen LogP contribution is 2.20. The number of aromatic nitrogens is 1. The number of piperidine rings is 1. The van der Waals surface area contributed by atoms with Gasteiger partial charge in [-0.2, -0.15) is 0 Å². The summed E-state index contributed by atoms with van der Waals surface area (Å²) in [6, 6.07) is 3.70. The quantitative estimate of drug-likeness (QED) is 0.884. The van der Waals surface area contributed by atoms with Gasteiger partial charge in [-0.25, -0.2) is 0 Å². The molecule has 2 rings (SSSR count). The molecule has 1 aliphatic heterocycles. The van der Waals surface area contributed by atoms with E-state index < -0.39 is 0 Å². The van der Waals surface area contributed by atoms with Crippen LogP contribution in [0.3, 0.4) is 0 Å². The van der Waals surface area contributed by atoms with Crippen molar-refractivity contribution in [2.75, 3.05) is 19.7 Å². The lowest BCUT2D eigenvalue weighted by atomic mass is 9.95. The molecule has 18 heavy (non-hydrogen) atoms. The van der Waals surface area contributed by atoms with E-state index in [4.69, 9.17) is 5.11 Å². The zero-order valence-corrected chi connectivity index (χ0v) is 10.8. The average molecular weight is 248 g/mol. The summed E-state index contributed by atoms with van der Waals surface area (Å²) in [6.45, 7) is 3.69. The third-order valence-electron chi connectivity index (χ3n) is 3.50. The second-order valence-corrected chi connectivity index (χ2v) is 4.96. The fourth-order valence-corrected chi connectivity index (χ4v) is 2.44. The number of hydrogen-bond donors (Lipinski definition) is 1. The predicted molar refractivity (Wildman–Crippen MR) is 69.3 cm³/mol. The Morgan fingerprint density at radius 3 is 3.06 bits per heavy atom. The van der Waals surface area contributed by atoms with Crippen molar-refractivity contribution in [3.05, 3.63) is 29.6 Å². The van der Waals surface area contributed by atoms with Gasteiger partial charge in [-0.1, -0.05) is 0 Å². The number of rotatable bonds is 3. The van der Waals surface area contributed by atoms with Crippen molar-refractivity contribution < 1.29 is 9.90 Å². The summed E-state index contributed by atoms with van der Waals surface area (Å²) in [7, 11) is 0. The van der Waals surface area contributed by atoms with Gasteiger partial charge in [0.25, 0.3) is 5.91 Å². The molecular weight excluding hydrogens is 228 g/mol. The van der Waals surface area contributed by atoms with Crippen molar-refractivity contribution in [2.24, 2.45) is 5.92 Å². The minimum Gasteiger partial charge on any atom is -0.396 e. The third-order valence-corrected chi connectivity index (χ3v) is 3.50. The summed E-state index contributed by atoms with van der Waals surface area (Å²) in [5.74, 6) is 0.497. The first-order chi connectivity index (χ1) is 8.70. The molecule has 0 radical (unpaired) electrons. The monoisotopic (exact) mass is 248 g/mol. The normalized spacial score (nSPS) is 19.9. The number of aliphatic hydroxyl groups is 1. The standard InChI is InChI=1S/C14H20N2O2/c1-11-4-5-13(9-15-11)14(18)16-7-2-3-12(10-16)6-8-17/h4-5,9,12,17H,2-3,6-8,10H2,1H3. The van der Waals surface area contributed by atoms with E-state index in [1.54, 1.807) is 6.20 Å². The van der Waals surface area contributed by atoms with Gasteiger partial charge in [-0.15, -0.1) is 0 Å². The van der Waals surface area contributed by atoms with Crippen LogP contribution in [0.2, 0.25) is 0 Å². The molecule has 0 spiro atoms. The number of amides is 1. The Morgan fingerprint density at radius 1 is 1.56 bits per heavy atom. The summed E-state index contributed by atoms with van der Waals surface area (Å²) in [4.78, 5) is 18.3. The van der Waals surface area contributed by atoms with Gasteiger partial charge < -0.3 is 10.0 Å². The Labute approximate surface area is 108 Å². The fourth-order valence-electron chi connectivity index (χ4n) is 2.44. The molecule has 4 heteroatoms. The number of likely N-dealkylation sites (tertiary alicyclic amines) is 1. The fraction of sp³-hybridized carbons (Fsp3) is 0.571. The van der Waals surface area contributed by atoms with Crippen molar-refractivity contribution in [1.29, 1.82) is 0 Å². The number of carbonyl (C=O) groups excluding carboxylic acids is 1. The summed E-state index contributed by atoms with van der Waals surface area (Å²) >= 11 is 0. The molecule has 1 amide bonds. The zero-order valence-electron chi connectivity index (χ0n) is 10.8. The van der Waals surface area contributed by atoms with Crippen molar-refractivity contribution in [3.8, 4) is 0 Å². The van der Waals surface area contributed by atoms with E-state index in [1.165, 1.54) is 0 Å². The average Bonchev–Trinajstić information content (AvgIpc) is 2.39. The maximum Gasteiger partial charge on any atom is 0.255 e. The van der Waals surface area contributed by atoms with Crippen molar-refractivity contribution in [2.45, 2.75) is 26.2 Å². The van der Waals surface area contributed by atoms with Gasteiger partial charge in [0.05, 0.1) is 5.56 Å². The van der Waals surface area contributed by atoms with E-state index in [2.05, 4.69) is 4.98 Å². The molecule has 0 aromatic carbocycles. The van der Waals surface area contributed by atoms with E-state index in [-0.39, 0.29) is 12.5 Å². The number of pyridine rings is 1. The SMILES string of the molecule is Cc1ccc(C(=O)N2CCCC(CCO)C2)cn1. The van der Waals surface area contributed by atoms with E-state index >= 15 is 0 Å². The third kappa shape index (κ3) is 3.07. The summed E-state index contributed by atoms with van der Waals surface area (Å²) in [5, 5.41) is 8.98. The first kappa shape index (κ1) is 13.0. The van der Waals surface area contributed by atoms with Gasteiger partial charge in [0.1, 0.15) is 0 Å². The molecule has 1 fully saturated rings. The number of nitrogens with zero attached hydrogens (tertiary/aromatic N) is 2. The van der Waals surface area contributed by atoms with Crippen molar-refractivity contribution >= 4 is 5.91 Å². The minimum absolute atomic E-state index is 0.0603. The smallest absolute Gasteiger partial charge is 0.255 e. The highest BCUT2D eigenvalue weighted by molar-refractivity contribution is 5.94. The van der Waals surface area contributed by atoms with Crippen LogP contribution in [0, 0.1) is 12.8 Å². The molecule has 1 saturated heterocycles. The van der Waals surface area contributed by atoms with Crippen LogP contribution in [0.4, 0.5) is 0 Å². The molecule has 98 valence electrons. The molecular formula is C14H20N2O2. The van der Waals surface area contributed by atoms with Crippen molar-refractivity contribution in [3.63, 3.8) is 0 Å². The Hall–Kier alpha value is -1.42. The van der Waals surface area contributed by atoms with Crippen LogP contribution in [0.15, 0.2) is 18.3 Å². The van der Waals surface area contributed by atoms with Gasteiger partial charge in [0, 0.05) is 31.6 Å². The minimum atomic E-state index is 0.0603. The summed E-state index contributed by atoms with van der Waals surface area (Å²) < 4.78 is 0. The Balaban J connectivity index is 2.02. The first-order valence-corrected chi connectivity index (χ1v) is 6.53. The Morgan fingerprint density at radius 2 is 2.39 bits per heavy atom. The highest BCUT2D eigenvalue weighted by atomic mass is 16.3. The lowest BCUT2D eigenvalue weighted by molar-refractivity contribution is 0.0653. The number of carbonyl (C=O) groups is 1. The molecule has 1 atom stereocenters.